The van der Waals surface area contributed by atoms with Gasteiger partial charge in [0.2, 0.25) is 0 Å². The number of aliphatic hydroxyl groups excluding tert-OH is 1. The van der Waals surface area contributed by atoms with Crippen molar-refractivity contribution in [3.63, 3.8) is 0 Å². The molecular formula is C16H17F3N2O4. The van der Waals surface area contributed by atoms with Gasteiger partial charge in [-0.3, -0.25) is 9.69 Å². The van der Waals surface area contributed by atoms with E-state index in [2.05, 4.69) is 6.58 Å². The van der Waals surface area contributed by atoms with Gasteiger partial charge in [0.05, 0.1) is 18.8 Å². The summed E-state index contributed by atoms with van der Waals surface area (Å²) in [6.45, 7) is 3.91. The molecule has 0 radical (unpaired) electrons. The Hall–Kier alpha value is -2.55. The number of amides is 1. The topological polar surface area (TPSA) is 70.1 Å². The second-order valence-corrected chi connectivity index (χ2v) is 5.48. The smallest absolute Gasteiger partial charge is 0.414 e. The van der Waals surface area contributed by atoms with Gasteiger partial charge in [-0.05, 0) is 13.1 Å². The number of aliphatic hydroxyl groups is 1. The van der Waals surface area contributed by atoms with Gasteiger partial charge in [0.25, 0.3) is 0 Å². The zero-order valence-electron chi connectivity index (χ0n) is 13.5. The highest BCUT2D eigenvalue weighted by Gasteiger charge is 2.35. The number of Topliss-reactive ketones (excluding diaryl/α,β-unsaturated/α-hetero) is 1. The van der Waals surface area contributed by atoms with E-state index in [0.29, 0.717) is 11.0 Å². The molecule has 2 rings (SSSR count). The highest BCUT2D eigenvalue weighted by atomic mass is 19.2. The maximum absolute atomic E-state index is 14.4. The molecule has 1 N–H and O–H groups in total. The molecule has 6 nitrogen and oxygen atoms in total. The van der Waals surface area contributed by atoms with Crippen LogP contribution in [0.1, 0.15) is 13.3 Å². The van der Waals surface area contributed by atoms with Crippen LogP contribution in [-0.2, 0) is 9.53 Å². The van der Waals surface area contributed by atoms with Crippen molar-refractivity contribution in [2.75, 3.05) is 29.5 Å². The largest absolute Gasteiger partial charge is 0.441 e. The second-order valence-electron chi connectivity index (χ2n) is 5.48. The first-order chi connectivity index (χ1) is 11.8. The van der Waals surface area contributed by atoms with Gasteiger partial charge in [0.15, 0.2) is 17.5 Å². The van der Waals surface area contributed by atoms with Crippen molar-refractivity contribution in [2.24, 2.45) is 0 Å². The standard InChI is InChI=1S/C16H17F3N2O4/c1-3-20(5-4-9(2)23)15-11(17)6-12(13(18)14(15)19)21-7-10(8-22)25-16(21)24/h3,6,10,22H,1,4-5,7-8H2,2H3. The van der Waals surface area contributed by atoms with Gasteiger partial charge in [-0.2, -0.15) is 0 Å². The molecule has 1 saturated heterocycles. The molecule has 0 aliphatic carbocycles. The highest BCUT2D eigenvalue weighted by molar-refractivity contribution is 5.90. The number of hydrogen-bond donors (Lipinski definition) is 1. The van der Waals surface area contributed by atoms with Crippen LogP contribution >= 0.6 is 0 Å². The lowest BCUT2D eigenvalue weighted by Gasteiger charge is -2.23. The van der Waals surface area contributed by atoms with Crippen LogP contribution < -0.4 is 9.80 Å². The molecule has 0 bridgehead atoms. The molecule has 1 aliphatic heterocycles. The number of rotatable bonds is 7. The third-order valence-electron chi connectivity index (χ3n) is 3.70. The van der Waals surface area contributed by atoms with E-state index in [1.807, 2.05) is 0 Å². The van der Waals surface area contributed by atoms with Crippen LogP contribution in [0.3, 0.4) is 0 Å². The van der Waals surface area contributed by atoms with Crippen molar-refractivity contribution in [1.82, 2.24) is 0 Å². The number of carbonyl (C=O) groups is 2. The second kappa shape index (κ2) is 7.56. The van der Waals surface area contributed by atoms with Crippen LogP contribution in [0, 0.1) is 17.5 Å². The van der Waals surface area contributed by atoms with E-state index in [4.69, 9.17) is 9.84 Å². The minimum atomic E-state index is -1.52. The molecule has 1 amide bonds. The fourth-order valence-electron chi connectivity index (χ4n) is 2.42. The average molecular weight is 358 g/mol. The maximum atomic E-state index is 14.4. The van der Waals surface area contributed by atoms with Crippen LogP contribution in [0.25, 0.3) is 0 Å². The fourth-order valence-corrected chi connectivity index (χ4v) is 2.42. The molecule has 1 aromatic rings. The molecular weight excluding hydrogens is 341 g/mol. The van der Waals surface area contributed by atoms with Gasteiger partial charge in [-0.25, -0.2) is 18.0 Å². The van der Waals surface area contributed by atoms with Crippen LogP contribution in [0.4, 0.5) is 29.3 Å². The zero-order chi connectivity index (χ0) is 18.7. The quantitative estimate of drug-likeness (QED) is 0.758. The Balaban J connectivity index is 2.40. The molecule has 1 fully saturated rings. The molecule has 0 spiro atoms. The van der Waals surface area contributed by atoms with E-state index in [9.17, 15) is 22.8 Å². The first kappa shape index (κ1) is 18.8. The number of nitrogens with zero attached hydrogens (tertiary/aromatic N) is 2. The lowest BCUT2D eigenvalue weighted by atomic mass is 10.2. The normalized spacial score (nSPS) is 16.8. The summed E-state index contributed by atoms with van der Waals surface area (Å²) in [7, 11) is 0. The molecule has 1 unspecified atom stereocenters. The van der Waals surface area contributed by atoms with Crippen LogP contribution in [0.2, 0.25) is 0 Å². The number of anilines is 2. The summed E-state index contributed by atoms with van der Waals surface area (Å²) >= 11 is 0. The number of ketones is 1. The first-order valence-electron chi connectivity index (χ1n) is 7.45. The van der Waals surface area contributed by atoms with Gasteiger partial charge in [-0.1, -0.05) is 6.58 Å². The third-order valence-corrected chi connectivity index (χ3v) is 3.70. The van der Waals surface area contributed by atoms with E-state index < -0.39 is 47.6 Å². The fraction of sp³-hybridized carbons (Fsp3) is 0.375. The number of carbonyl (C=O) groups excluding carboxylic acids is 2. The monoisotopic (exact) mass is 358 g/mol. The van der Waals surface area contributed by atoms with Crippen molar-refractivity contribution in [3.8, 4) is 0 Å². The maximum Gasteiger partial charge on any atom is 0.414 e. The summed E-state index contributed by atoms with van der Waals surface area (Å²) < 4.78 is 48.0. The lowest BCUT2D eigenvalue weighted by molar-refractivity contribution is -0.116. The Labute approximate surface area is 142 Å². The molecule has 1 atom stereocenters. The number of halogens is 3. The molecule has 1 aliphatic rings. The predicted octanol–water partition coefficient (Wildman–Crippen LogP) is 2.35. The van der Waals surface area contributed by atoms with Crippen molar-refractivity contribution in [1.29, 1.82) is 0 Å². The summed E-state index contributed by atoms with van der Waals surface area (Å²) in [5.41, 5.74) is -1.33. The Morgan fingerprint density at radius 2 is 2.16 bits per heavy atom. The number of cyclic esters (lactones) is 1. The summed E-state index contributed by atoms with van der Waals surface area (Å²) in [6, 6.07) is 0.666. The van der Waals surface area contributed by atoms with E-state index in [1.165, 1.54) is 6.92 Å². The van der Waals surface area contributed by atoms with Crippen molar-refractivity contribution >= 4 is 23.3 Å². The Bertz CT molecular complexity index is 711. The Morgan fingerprint density at radius 1 is 1.48 bits per heavy atom. The highest BCUT2D eigenvalue weighted by Crippen LogP contribution is 2.34. The van der Waals surface area contributed by atoms with E-state index in [1.54, 1.807) is 0 Å². The summed E-state index contributed by atoms with van der Waals surface area (Å²) in [5.74, 6) is -4.29. The molecule has 9 heteroatoms. The molecule has 0 aromatic heterocycles. The Kier molecular flexibility index (Phi) is 5.68. The van der Waals surface area contributed by atoms with Crippen LogP contribution in [0.15, 0.2) is 18.8 Å². The van der Waals surface area contributed by atoms with E-state index >= 15 is 0 Å². The third kappa shape index (κ3) is 3.76. The zero-order valence-corrected chi connectivity index (χ0v) is 13.5. The van der Waals surface area contributed by atoms with Crippen molar-refractivity contribution in [3.05, 3.63) is 36.3 Å². The van der Waals surface area contributed by atoms with Crippen LogP contribution in [-0.4, -0.2) is 42.8 Å². The molecule has 25 heavy (non-hydrogen) atoms. The molecule has 136 valence electrons. The molecule has 0 saturated carbocycles. The van der Waals surface area contributed by atoms with Gasteiger partial charge in [0.1, 0.15) is 17.6 Å². The van der Waals surface area contributed by atoms with Crippen molar-refractivity contribution < 1.29 is 32.6 Å². The minimum absolute atomic E-state index is 0.00903. The average Bonchev–Trinajstić information content (AvgIpc) is 2.94. The van der Waals surface area contributed by atoms with Gasteiger partial charge in [0, 0.05) is 19.0 Å². The summed E-state index contributed by atoms with van der Waals surface area (Å²) in [6.07, 6.45) is -0.847. The summed E-state index contributed by atoms with van der Waals surface area (Å²) in [4.78, 5) is 24.4. The number of hydrogen-bond acceptors (Lipinski definition) is 5. The summed E-state index contributed by atoms with van der Waals surface area (Å²) in [5, 5.41) is 8.99. The van der Waals surface area contributed by atoms with Gasteiger partial charge >= 0.3 is 6.09 Å². The SMILES string of the molecule is C=CN(CCC(C)=O)c1c(F)cc(N2CC(CO)OC2=O)c(F)c1F. The number of benzene rings is 1. The Morgan fingerprint density at radius 3 is 2.68 bits per heavy atom. The first-order valence-corrected chi connectivity index (χ1v) is 7.45. The van der Waals surface area contributed by atoms with E-state index in [0.717, 1.165) is 11.1 Å². The predicted molar refractivity (Wildman–Crippen MR) is 83.9 cm³/mol. The van der Waals surface area contributed by atoms with Gasteiger partial charge < -0.3 is 14.7 Å². The number of ether oxygens (including phenoxy) is 1. The molecule has 1 heterocycles. The lowest BCUT2D eigenvalue weighted by Crippen LogP contribution is -2.28. The van der Waals surface area contributed by atoms with Crippen molar-refractivity contribution in [2.45, 2.75) is 19.4 Å². The van der Waals surface area contributed by atoms with Gasteiger partial charge in [-0.15, -0.1) is 0 Å². The minimum Gasteiger partial charge on any atom is -0.441 e. The van der Waals surface area contributed by atoms with E-state index in [-0.39, 0.29) is 25.3 Å². The molecule has 1 aromatic carbocycles. The van der Waals surface area contributed by atoms with Crippen LogP contribution in [0.5, 0.6) is 0 Å².